The van der Waals surface area contributed by atoms with Gasteiger partial charge in [0.1, 0.15) is 4.21 Å². The molecule has 0 aliphatic carbocycles. The Labute approximate surface area is 128 Å². The standard InChI is InChI=1S/C13H19NO5S2/c1-9-7-11(20-10(9)2)21(17,18)14-8-13(12(15)16)3-5-19-6-4-13/h7,14H,3-6,8H2,1-2H3,(H,15,16). The molecule has 1 fully saturated rings. The minimum absolute atomic E-state index is 0.107. The van der Waals surface area contributed by atoms with Gasteiger partial charge in [-0.15, -0.1) is 11.3 Å². The number of hydrogen-bond donors (Lipinski definition) is 2. The van der Waals surface area contributed by atoms with Gasteiger partial charge in [-0.05, 0) is 38.3 Å². The second-order valence-corrected chi connectivity index (χ2v) is 8.58. The van der Waals surface area contributed by atoms with Gasteiger partial charge in [-0.3, -0.25) is 4.79 Å². The molecule has 0 saturated carbocycles. The van der Waals surface area contributed by atoms with E-state index in [1.165, 1.54) is 11.3 Å². The van der Waals surface area contributed by atoms with Crippen molar-refractivity contribution < 1.29 is 23.1 Å². The van der Waals surface area contributed by atoms with Gasteiger partial charge >= 0.3 is 5.97 Å². The number of aryl methyl sites for hydroxylation is 2. The summed E-state index contributed by atoms with van der Waals surface area (Å²) in [4.78, 5) is 12.4. The van der Waals surface area contributed by atoms with Crippen molar-refractivity contribution >= 4 is 27.3 Å². The zero-order chi connectivity index (χ0) is 15.7. The third-order valence-corrected chi connectivity index (χ3v) is 6.94. The summed E-state index contributed by atoms with van der Waals surface area (Å²) in [5.74, 6) is -0.980. The molecule has 1 aliphatic rings. The number of ether oxygens (including phenoxy) is 1. The minimum atomic E-state index is -3.67. The number of nitrogens with one attached hydrogen (secondary N) is 1. The number of carbonyl (C=O) groups is 1. The van der Waals surface area contributed by atoms with E-state index < -0.39 is 21.4 Å². The lowest BCUT2D eigenvalue weighted by atomic mass is 9.80. The van der Waals surface area contributed by atoms with E-state index >= 15 is 0 Å². The largest absolute Gasteiger partial charge is 0.481 e. The maximum Gasteiger partial charge on any atom is 0.311 e. The number of sulfonamides is 1. The predicted octanol–water partition coefficient (Wildman–Crippen LogP) is 1.52. The summed E-state index contributed by atoms with van der Waals surface area (Å²) in [5.41, 5.74) is -0.161. The molecular weight excluding hydrogens is 314 g/mol. The monoisotopic (exact) mass is 333 g/mol. The average molecular weight is 333 g/mol. The van der Waals surface area contributed by atoms with Crippen molar-refractivity contribution in [3.63, 3.8) is 0 Å². The highest BCUT2D eigenvalue weighted by molar-refractivity contribution is 7.91. The Morgan fingerprint density at radius 1 is 1.43 bits per heavy atom. The molecule has 1 aromatic rings. The van der Waals surface area contributed by atoms with E-state index in [1.54, 1.807) is 6.07 Å². The Morgan fingerprint density at radius 3 is 2.52 bits per heavy atom. The topological polar surface area (TPSA) is 92.7 Å². The maximum atomic E-state index is 12.3. The van der Waals surface area contributed by atoms with Gasteiger partial charge in [0.2, 0.25) is 10.0 Å². The van der Waals surface area contributed by atoms with Crippen molar-refractivity contribution in [1.82, 2.24) is 4.72 Å². The lowest BCUT2D eigenvalue weighted by Crippen LogP contribution is -2.46. The maximum absolute atomic E-state index is 12.3. The van der Waals surface area contributed by atoms with Crippen LogP contribution in [0.15, 0.2) is 10.3 Å². The Bertz CT molecular complexity index is 609. The molecule has 0 atom stereocenters. The van der Waals surface area contributed by atoms with Gasteiger partial charge in [-0.1, -0.05) is 0 Å². The Kier molecular flexibility index (Phi) is 4.72. The van der Waals surface area contributed by atoms with Gasteiger partial charge in [0.25, 0.3) is 0 Å². The summed E-state index contributed by atoms with van der Waals surface area (Å²) in [6, 6.07) is 1.61. The highest BCUT2D eigenvalue weighted by Gasteiger charge is 2.41. The summed E-state index contributed by atoms with van der Waals surface area (Å²) in [6.07, 6.45) is 0.626. The van der Waals surface area contributed by atoms with Gasteiger partial charge in [0.15, 0.2) is 0 Å². The molecule has 118 valence electrons. The van der Waals surface area contributed by atoms with E-state index in [2.05, 4.69) is 4.72 Å². The first-order valence-corrected chi connectivity index (χ1v) is 8.95. The van der Waals surface area contributed by atoms with Gasteiger partial charge < -0.3 is 9.84 Å². The SMILES string of the molecule is Cc1cc(S(=O)(=O)NCC2(C(=O)O)CCOCC2)sc1C. The molecule has 0 aromatic carbocycles. The fraction of sp³-hybridized carbons (Fsp3) is 0.615. The van der Waals surface area contributed by atoms with E-state index in [-0.39, 0.29) is 10.8 Å². The normalized spacial score (nSPS) is 18.6. The lowest BCUT2D eigenvalue weighted by molar-refractivity contribution is -0.154. The quantitative estimate of drug-likeness (QED) is 0.852. The first kappa shape index (κ1) is 16.4. The summed E-state index contributed by atoms with van der Waals surface area (Å²) in [7, 11) is -3.67. The van der Waals surface area contributed by atoms with Crippen LogP contribution in [0.4, 0.5) is 0 Å². The molecule has 0 unspecified atom stereocenters. The van der Waals surface area contributed by atoms with E-state index in [0.29, 0.717) is 26.1 Å². The van der Waals surface area contributed by atoms with Crippen molar-refractivity contribution in [2.24, 2.45) is 5.41 Å². The molecule has 0 spiro atoms. The second-order valence-electron chi connectivity index (χ2n) is 5.33. The fourth-order valence-electron chi connectivity index (χ4n) is 2.20. The van der Waals surface area contributed by atoms with Crippen LogP contribution in [0.1, 0.15) is 23.3 Å². The zero-order valence-corrected chi connectivity index (χ0v) is 13.6. The predicted molar refractivity (Wildman–Crippen MR) is 79.1 cm³/mol. The van der Waals surface area contributed by atoms with Crippen LogP contribution in [-0.2, 0) is 19.6 Å². The van der Waals surface area contributed by atoms with Crippen LogP contribution in [-0.4, -0.2) is 39.3 Å². The number of thiophene rings is 1. The third-order valence-electron chi connectivity index (χ3n) is 3.91. The van der Waals surface area contributed by atoms with Crippen LogP contribution in [0.3, 0.4) is 0 Å². The molecule has 1 aromatic heterocycles. The van der Waals surface area contributed by atoms with Crippen LogP contribution in [0, 0.1) is 19.3 Å². The smallest absolute Gasteiger partial charge is 0.311 e. The zero-order valence-electron chi connectivity index (χ0n) is 12.0. The molecule has 0 bridgehead atoms. The van der Waals surface area contributed by atoms with Crippen LogP contribution >= 0.6 is 11.3 Å². The van der Waals surface area contributed by atoms with Gasteiger partial charge in [-0.2, -0.15) is 0 Å². The molecule has 0 radical (unpaired) electrons. The van der Waals surface area contributed by atoms with Gasteiger partial charge in [0.05, 0.1) is 5.41 Å². The number of aliphatic carboxylic acids is 1. The van der Waals surface area contributed by atoms with Crippen LogP contribution in [0.25, 0.3) is 0 Å². The van der Waals surface area contributed by atoms with E-state index in [1.807, 2.05) is 13.8 Å². The average Bonchev–Trinajstić information content (AvgIpc) is 2.78. The molecule has 6 nitrogen and oxygen atoms in total. The molecular formula is C13H19NO5S2. The van der Waals surface area contributed by atoms with Gasteiger partial charge in [-0.25, -0.2) is 13.1 Å². The molecule has 1 saturated heterocycles. The molecule has 8 heteroatoms. The molecule has 0 amide bonds. The van der Waals surface area contributed by atoms with Crippen LogP contribution in [0.2, 0.25) is 0 Å². The third kappa shape index (κ3) is 3.45. The highest BCUT2D eigenvalue weighted by atomic mass is 32.2. The van der Waals surface area contributed by atoms with Crippen molar-refractivity contribution in [2.45, 2.75) is 30.9 Å². The van der Waals surface area contributed by atoms with Gasteiger partial charge in [0, 0.05) is 24.6 Å². The molecule has 2 rings (SSSR count). The molecule has 2 heterocycles. The number of carboxylic acid groups (broad SMARTS) is 1. The van der Waals surface area contributed by atoms with Crippen molar-refractivity contribution in [3.05, 3.63) is 16.5 Å². The van der Waals surface area contributed by atoms with Crippen LogP contribution in [0.5, 0.6) is 0 Å². The Morgan fingerprint density at radius 2 is 2.05 bits per heavy atom. The molecule has 1 aliphatic heterocycles. The number of carboxylic acids is 1. The van der Waals surface area contributed by atoms with E-state index in [0.717, 1.165) is 10.4 Å². The summed E-state index contributed by atoms with van der Waals surface area (Å²) in [5, 5.41) is 9.42. The molecule has 21 heavy (non-hydrogen) atoms. The van der Waals surface area contributed by atoms with Crippen molar-refractivity contribution in [2.75, 3.05) is 19.8 Å². The minimum Gasteiger partial charge on any atom is -0.481 e. The Hall–Kier alpha value is -0.960. The van der Waals surface area contributed by atoms with E-state index in [9.17, 15) is 18.3 Å². The fourth-order valence-corrected chi connectivity index (χ4v) is 4.89. The summed E-state index contributed by atoms with van der Waals surface area (Å²) < 4.78 is 32.4. The number of hydrogen-bond acceptors (Lipinski definition) is 5. The second kappa shape index (κ2) is 6.04. The lowest BCUT2D eigenvalue weighted by Gasteiger charge is -2.32. The summed E-state index contributed by atoms with van der Waals surface area (Å²) in [6.45, 7) is 4.28. The first-order chi connectivity index (χ1) is 9.77. The first-order valence-electron chi connectivity index (χ1n) is 6.65. The molecule has 2 N–H and O–H groups in total. The van der Waals surface area contributed by atoms with E-state index in [4.69, 9.17) is 4.74 Å². The summed E-state index contributed by atoms with van der Waals surface area (Å²) >= 11 is 1.19. The van der Waals surface area contributed by atoms with Crippen molar-refractivity contribution in [3.8, 4) is 0 Å². The van der Waals surface area contributed by atoms with Crippen LogP contribution < -0.4 is 4.72 Å². The number of rotatable bonds is 5. The highest BCUT2D eigenvalue weighted by Crippen LogP contribution is 2.31. The van der Waals surface area contributed by atoms with Crippen molar-refractivity contribution in [1.29, 1.82) is 0 Å². The Balaban J connectivity index is 2.15.